The molecule has 0 radical (unpaired) electrons. The fourth-order valence-corrected chi connectivity index (χ4v) is 3.44. The van der Waals surface area contributed by atoms with E-state index in [1.807, 2.05) is 0 Å². The molecule has 0 aromatic carbocycles. The van der Waals surface area contributed by atoms with Crippen molar-refractivity contribution in [1.29, 1.82) is 0 Å². The van der Waals surface area contributed by atoms with E-state index in [2.05, 4.69) is 4.74 Å². The molecule has 6 nitrogen and oxygen atoms in total. The molecule has 0 bridgehead atoms. The number of cyclic esters (lactones) is 2. The Labute approximate surface area is 86.9 Å². The molecule has 3 unspecified atom stereocenters. The van der Waals surface area contributed by atoms with E-state index in [1.54, 1.807) is 0 Å². The Morgan fingerprint density at radius 1 is 1.07 bits per heavy atom. The lowest BCUT2D eigenvalue weighted by atomic mass is 9.81. The van der Waals surface area contributed by atoms with Crippen molar-refractivity contribution in [1.82, 2.24) is 0 Å². The lowest BCUT2D eigenvalue weighted by Gasteiger charge is -2.30. The van der Waals surface area contributed by atoms with E-state index >= 15 is 0 Å². The zero-order valence-corrected chi connectivity index (χ0v) is 8.92. The van der Waals surface area contributed by atoms with Crippen LogP contribution in [0.2, 0.25) is 5.54 Å². The smallest absolute Gasteiger partial charge is 0.393 e. The Morgan fingerprint density at radius 2 is 1.67 bits per heavy atom. The number of hydrogen-bond donors (Lipinski definition) is 3. The minimum absolute atomic E-state index is 0.130. The van der Waals surface area contributed by atoms with E-state index in [9.17, 15) is 9.59 Å². The van der Waals surface area contributed by atoms with Gasteiger partial charge in [-0.1, -0.05) is 0 Å². The predicted molar refractivity (Wildman–Crippen MR) is 48.1 cm³/mol. The summed E-state index contributed by atoms with van der Waals surface area (Å²) in [6, 6.07) is 0. The van der Waals surface area contributed by atoms with Crippen LogP contribution in [0, 0.1) is 11.8 Å². The maximum absolute atomic E-state index is 11.2. The van der Waals surface area contributed by atoms with E-state index in [0.717, 1.165) is 0 Å². The molecule has 1 aliphatic carbocycles. The van der Waals surface area contributed by atoms with Crippen LogP contribution in [0.1, 0.15) is 19.3 Å². The van der Waals surface area contributed by atoms with Crippen molar-refractivity contribution in [3.63, 3.8) is 0 Å². The molecule has 2 aliphatic rings. The fraction of sp³-hybridized carbons (Fsp3) is 0.750. The Hall–Kier alpha value is -0.763. The van der Waals surface area contributed by atoms with Gasteiger partial charge in [0, 0.05) is 5.54 Å². The number of fused-ring (bicyclic) bond motifs is 1. The van der Waals surface area contributed by atoms with Gasteiger partial charge >= 0.3 is 20.7 Å². The number of rotatable bonds is 1. The van der Waals surface area contributed by atoms with Crippen LogP contribution in [0.4, 0.5) is 0 Å². The van der Waals surface area contributed by atoms with Crippen LogP contribution < -0.4 is 0 Å². The minimum atomic E-state index is -4.19. The average Bonchev–Trinajstić information content (AvgIpc) is 2.41. The topological polar surface area (TPSA) is 104 Å². The maximum atomic E-state index is 11.2. The van der Waals surface area contributed by atoms with Crippen LogP contribution in [-0.2, 0) is 14.3 Å². The zero-order chi connectivity index (χ0) is 11.2. The van der Waals surface area contributed by atoms with Crippen LogP contribution in [0.25, 0.3) is 0 Å². The second kappa shape index (κ2) is 3.37. The van der Waals surface area contributed by atoms with Crippen molar-refractivity contribution in [2.45, 2.75) is 24.8 Å². The molecule has 0 amide bonds. The summed E-state index contributed by atoms with van der Waals surface area (Å²) in [6.45, 7) is 0. The van der Waals surface area contributed by atoms with Gasteiger partial charge in [-0.15, -0.1) is 0 Å². The Balaban J connectivity index is 2.12. The third-order valence-corrected chi connectivity index (χ3v) is 4.82. The van der Waals surface area contributed by atoms with Crippen LogP contribution in [-0.4, -0.2) is 35.1 Å². The molecule has 0 aromatic rings. The SMILES string of the molecule is O=C1OC(=O)C2CC([Si](O)(O)O)CCC12. The van der Waals surface area contributed by atoms with Crippen molar-refractivity contribution in [2.24, 2.45) is 11.8 Å². The van der Waals surface area contributed by atoms with Gasteiger partial charge in [-0.3, -0.25) is 9.59 Å². The highest BCUT2D eigenvalue weighted by Crippen LogP contribution is 2.44. The first-order valence-electron chi connectivity index (χ1n) is 4.82. The van der Waals surface area contributed by atoms with Gasteiger partial charge in [0.1, 0.15) is 0 Å². The zero-order valence-electron chi connectivity index (χ0n) is 7.92. The third-order valence-electron chi connectivity index (χ3n) is 3.20. The molecule has 0 aromatic heterocycles. The maximum Gasteiger partial charge on any atom is 0.496 e. The second-order valence-electron chi connectivity index (χ2n) is 4.15. The van der Waals surface area contributed by atoms with Crippen LogP contribution in [0.5, 0.6) is 0 Å². The van der Waals surface area contributed by atoms with Crippen molar-refractivity contribution >= 4 is 20.7 Å². The predicted octanol–water partition coefficient (Wildman–Crippen LogP) is -1.23. The highest BCUT2D eigenvalue weighted by molar-refractivity contribution is 6.58. The van der Waals surface area contributed by atoms with Gasteiger partial charge < -0.3 is 19.1 Å². The number of carbonyl (C=O) groups is 2. The first-order chi connectivity index (χ1) is 6.89. The highest BCUT2D eigenvalue weighted by atomic mass is 28.4. The van der Waals surface area contributed by atoms with E-state index in [0.29, 0.717) is 12.8 Å². The van der Waals surface area contributed by atoms with Gasteiger partial charge in [0.25, 0.3) is 0 Å². The van der Waals surface area contributed by atoms with Crippen molar-refractivity contribution in [2.75, 3.05) is 0 Å². The number of hydrogen-bond acceptors (Lipinski definition) is 6. The van der Waals surface area contributed by atoms with E-state index in [4.69, 9.17) is 14.4 Å². The van der Waals surface area contributed by atoms with Crippen molar-refractivity contribution < 1.29 is 28.7 Å². The molecule has 1 aliphatic heterocycles. The quantitative estimate of drug-likeness (QED) is 0.297. The number of carbonyl (C=O) groups excluding carboxylic acids is 2. The molecule has 3 atom stereocenters. The van der Waals surface area contributed by atoms with Crippen LogP contribution >= 0.6 is 0 Å². The van der Waals surface area contributed by atoms with Crippen molar-refractivity contribution in [3.8, 4) is 0 Å². The summed E-state index contributed by atoms with van der Waals surface area (Å²) < 4.78 is 4.46. The molecule has 7 heteroatoms. The summed E-state index contributed by atoms with van der Waals surface area (Å²) in [6.07, 6.45) is 0.848. The molecule has 1 heterocycles. The summed E-state index contributed by atoms with van der Waals surface area (Å²) in [5, 5.41) is 0. The van der Waals surface area contributed by atoms with Crippen molar-refractivity contribution in [3.05, 3.63) is 0 Å². The lowest BCUT2D eigenvalue weighted by molar-refractivity contribution is -0.153. The molecule has 1 saturated heterocycles. The monoisotopic (exact) mass is 232 g/mol. The Morgan fingerprint density at radius 3 is 2.27 bits per heavy atom. The summed E-state index contributed by atoms with van der Waals surface area (Å²) in [5.74, 6) is -2.18. The lowest BCUT2D eigenvalue weighted by Crippen LogP contribution is -2.44. The van der Waals surface area contributed by atoms with E-state index in [1.165, 1.54) is 0 Å². The summed E-state index contributed by atoms with van der Waals surface area (Å²) >= 11 is 0. The van der Waals surface area contributed by atoms with Gasteiger partial charge in [0.2, 0.25) is 0 Å². The molecule has 1 saturated carbocycles. The minimum Gasteiger partial charge on any atom is -0.393 e. The number of ether oxygens (including phenoxy) is 1. The Kier molecular flexibility index (Phi) is 2.42. The molecular weight excluding hydrogens is 220 g/mol. The molecule has 2 fully saturated rings. The largest absolute Gasteiger partial charge is 0.496 e. The molecule has 2 rings (SSSR count). The summed E-state index contributed by atoms with van der Waals surface area (Å²) in [7, 11) is -4.19. The van der Waals surface area contributed by atoms with E-state index in [-0.39, 0.29) is 6.42 Å². The highest BCUT2D eigenvalue weighted by Gasteiger charge is 2.52. The summed E-state index contributed by atoms with van der Waals surface area (Å²) in [4.78, 5) is 49.8. The number of esters is 2. The normalized spacial score (nSPS) is 36.3. The molecule has 3 N–H and O–H groups in total. The van der Waals surface area contributed by atoms with E-state index < -0.39 is 38.1 Å². The molecule has 0 spiro atoms. The molecular formula is C8H12O6Si. The summed E-state index contributed by atoms with van der Waals surface area (Å²) in [5.41, 5.74) is -0.669. The van der Waals surface area contributed by atoms with Gasteiger partial charge in [0.05, 0.1) is 11.8 Å². The van der Waals surface area contributed by atoms with Gasteiger partial charge in [-0.25, -0.2) is 0 Å². The molecule has 15 heavy (non-hydrogen) atoms. The van der Waals surface area contributed by atoms with Gasteiger partial charge in [-0.2, -0.15) is 0 Å². The van der Waals surface area contributed by atoms with Crippen LogP contribution in [0.15, 0.2) is 0 Å². The standard InChI is InChI=1S/C8H12O6Si/c9-7-5-2-1-4(15(11,12)13)3-6(5)8(10)14-7/h4-6,11-13H,1-3H2. The molecule has 84 valence electrons. The third kappa shape index (κ3) is 1.83. The second-order valence-corrected chi connectivity index (χ2v) is 6.34. The first-order valence-corrected chi connectivity index (χ1v) is 6.74. The van der Waals surface area contributed by atoms with Gasteiger partial charge in [-0.05, 0) is 19.3 Å². The fourth-order valence-electron chi connectivity index (χ4n) is 2.32. The average molecular weight is 232 g/mol. The van der Waals surface area contributed by atoms with Crippen LogP contribution in [0.3, 0.4) is 0 Å². The van der Waals surface area contributed by atoms with Gasteiger partial charge in [0.15, 0.2) is 0 Å². The Bertz CT molecular complexity index is 309. The first kappa shape index (κ1) is 10.7.